The van der Waals surface area contributed by atoms with Gasteiger partial charge in [0.05, 0.1) is 5.71 Å². The highest BCUT2D eigenvalue weighted by atomic mass is 16.7. The molecule has 0 heterocycles. The fourth-order valence-corrected chi connectivity index (χ4v) is 2.68. The number of benzene rings is 2. The highest BCUT2D eigenvalue weighted by molar-refractivity contribution is 6.04. The molecule has 0 bridgehead atoms. The van der Waals surface area contributed by atoms with E-state index in [1.807, 2.05) is 36.4 Å². The van der Waals surface area contributed by atoms with Crippen LogP contribution in [0.2, 0.25) is 0 Å². The number of allylic oxidation sites excluding steroid dienone is 1. The lowest BCUT2D eigenvalue weighted by molar-refractivity contribution is 0.166. The molecule has 122 valence electrons. The van der Waals surface area contributed by atoms with Crippen molar-refractivity contribution in [2.75, 3.05) is 5.32 Å². The summed E-state index contributed by atoms with van der Waals surface area (Å²) in [5, 5.41) is 6.75. The molecule has 1 aliphatic carbocycles. The Morgan fingerprint density at radius 2 is 1.62 bits per heavy atom. The number of rotatable bonds is 3. The SMILES string of the molecule is O=C(Nc1ccccc1)O/N=C1/CCCC/C1=C\c1ccccc1. The second-order valence-corrected chi connectivity index (χ2v) is 5.70. The van der Waals surface area contributed by atoms with Crippen molar-refractivity contribution in [3.63, 3.8) is 0 Å². The van der Waals surface area contributed by atoms with E-state index in [-0.39, 0.29) is 0 Å². The summed E-state index contributed by atoms with van der Waals surface area (Å²) < 4.78 is 0. The molecule has 24 heavy (non-hydrogen) atoms. The Balaban J connectivity index is 1.67. The number of hydrogen-bond donors (Lipinski definition) is 1. The van der Waals surface area contributed by atoms with Crippen molar-refractivity contribution in [2.45, 2.75) is 25.7 Å². The Kier molecular flexibility index (Phi) is 5.40. The monoisotopic (exact) mass is 320 g/mol. The first kappa shape index (κ1) is 16.0. The zero-order valence-electron chi connectivity index (χ0n) is 13.4. The molecule has 1 amide bonds. The van der Waals surface area contributed by atoms with Gasteiger partial charge >= 0.3 is 6.09 Å². The quantitative estimate of drug-likeness (QED) is 0.620. The number of amides is 1. The fraction of sp³-hybridized carbons (Fsp3) is 0.200. The maximum absolute atomic E-state index is 11.9. The van der Waals surface area contributed by atoms with Crippen molar-refractivity contribution in [3.8, 4) is 0 Å². The van der Waals surface area contributed by atoms with Gasteiger partial charge in [0.2, 0.25) is 0 Å². The molecule has 0 spiro atoms. The molecule has 0 unspecified atom stereocenters. The van der Waals surface area contributed by atoms with Crippen LogP contribution in [0.4, 0.5) is 10.5 Å². The molecule has 2 aromatic rings. The van der Waals surface area contributed by atoms with E-state index in [4.69, 9.17) is 4.84 Å². The van der Waals surface area contributed by atoms with Gasteiger partial charge in [0.15, 0.2) is 0 Å². The van der Waals surface area contributed by atoms with Crippen molar-refractivity contribution in [1.82, 2.24) is 0 Å². The number of carbonyl (C=O) groups is 1. The minimum atomic E-state index is -0.571. The van der Waals surface area contributed by atoms with Crippen LogP contribution in [-0.4, -0.2) is 11.8 Å². The van der Waals surface area contributed by atoms with Crippen molar-refractivity contribution in [3.05, 3.63) is 71.8 Å². The molecule has 3 rings (SSSR count). The van der Waals surface area contributed by atoms with Gasteiger partial charge in [0.1, 0.15) is 0 Å². The summed E-state index contributed by atoms with van der Waals surface area (Å²) in [6.07, 6.45) is 5.53. The van der Waals surface area contributed by atoms with E-state index in [1.54, 1.807) is 12.1 Å². The summed E-state index contributed by atoms with van der Waals surface area (Å²) in [5.41, 5.74) is 3.82. The maximum atomic E-state index is 11.9. The Morgan fingerprint density at radius 1 is 0.958 bits per heavy atom. The van der Waals surface area contributed by atoms with E-state index in [1.165, 1.54) is 0 Å². The number of oxime groups is 1. The molecule has 4 nitrogen and oxygen atoms in total. The molecule has 1 fully saturated rings. The van der Waals surface area contributed by atoms with E-state index >= 15 is 0 Å². The summed E-state index contributed by atoms with van der Waals surface area (Å²) in [4.78, 5) is 16.9. The van der Waals surface area contributed by atoms with Crippen LogP contribution in [0.5, 0.6) is 0 Å². The minimum absolute atomic E-state index is 0.571. The van der Waals surface area contributed by atoms with Crippen LogP contribution in [0, 0.1) is 0 Å². The van der Waals surface area contributed by atoms with Gasteiger partial charge in [0, 0.05) is 5.69 Å². The van der Waals surface area contributed by atoms with Crippen molar-refractivity contribution in [1.29, 1.82) is 0 Å². The third kappa shape index (κ3) is 4.56. The van der Waals surface area contributed by atoms with Crippen molar-refractivity contribution >= 4 is 23.6 Å². The van der Waals surface area contributed by atoms with Gasteiger partial charge < -0.3 is 0 Å². The predicted octanol–water partition coefficient (Wildman–Crippen LogP) is 5.25. The van der Waals surface area contributed by atoms with Crippen LogP contribution in [-0.2, 0) is 4.84 Å². The van der Waals surface area contributed by atoms with Gasteiger partial charge in [-0.2, -0.15) is 0 Å². The average molecular weight is 320 g/mol. The Bertz CT molecular complexity index is 737. The molecule has 1 N–H and O–H groups in total. The molecule has 2 aromatic carbocycles. The standard InChI is InChI=1S/C20H20N2O2/c23-20(21-18-12-5-2-6-13-18)24-22-19-14-8-7-11-17(19)15-16-9-3-1-4-10-16/h1-6,9-10,12-13,15H,7-8,11,14H2,(H,21,23)/b17-15+,22-19-. The molecule has 0 aromatic heterocycles. The summed E-state index contributed by atoms with van der Waals surface area (Å²) >= 11 is 0. The first-order chi connectivity index (χ1) is 11.8. The van der Waals surface area contributed by atoms with E-state index in [9.17, 15) is 4.79 Å². The van der Waals surface area contributed by atoms with E-state index in [0.717, 1.165) is 42.5 Å². The molecule has 0 saturated heterocycles. The van der Waals surface area contributed by atoms with Gasteiger partial charge in [-0.25, -0.2) is 4.79 Å². The molecule has 4 heteroatoms. The van der Waals surface area contributed by atoms with Crippen molar-refractivity contribution < 1.29 is 9.63 Å². The predicted molar refractivity (Wildman–Crippen MR) is 96.9 cm³/mol. The second kappa shape index (κ2) is 8.11. The minimum Gasteiger partial charge on any atom is -0.298 e. The zero-order chi connectivity index (χ0) is 16.6. The van der Waals surface area contributed by atoms with E-state index in [0.29, 0.717) is 5.69 Å². The second-order valence-electron chi connectivity index (χ2n) is 5.70. The number of para-hydroxylation sites is 1. The topological polar surface area (TPSA) is 50.7 Å². The lowest BCUT2D eigenvalue weighted by atomic mass is 9.91. The first-order valence-electron chi connectivity index (χ1n) is 8.17. The molecule has 0 radical (unpaired) electrons. The molecular formula is C20H20N2O2. The Labute approximate surface area is 141 Å². The Morgan fingerprint density at radius 3 is 2.38 bits per heavy atom. The molecular weight excluding hydrogens is 300 g/mol. The summed E-state index contributed by atoms with van der Waals surface area (Å²) in [5.74, 6) is 0. The maximum Gasteiger partial charge on any atom is 0.437 e. The number of nitrogens with one attached hydrogen (secondary N) is 1. The molecule has 1 saturated carbocycles. The van der Waals surface area contributed by atoms with Gasteiger partial charge in [-0.05, 0) is 55.0 Å². The van der Waals surface area contributed by atoms with E-state index < -0.39 is 6.09 Å². The molecule has 1 aliphatic rings. The fourth-order valence-electron chi connectivity index (χ4n) is 2.68. The van der Waals surface area contributed by atoms with Crippen molar-refractivity contribution in [2.24, 2.45) is 5.16 Å². The summed E-state index contributed by atoms with van der Waals surface area (Å²) in [6.45, 7) is 0. The molecule has 0 atom stereocenters. The smallest absolute Gasteiger partial charge is 0.298 e. The third-order valence-electron chi connectivity index (χ3n) is 3.88. The summed E-state index contributed by atoms with van der Waals surface area (Å²) in [7, 11) is 0. The normalized spacial score (nSPS) is 17.7. The van der Waals surface area contributed by atoms with Gasteiger partial charge in [-0.3, -0.25) is 10.2 Å². The third-order valence-corrected chi connectivity index (χ3v) is 3.88. The number of hydrogen-bond acceptors (Lipinski definition) is 3. The number of carbonyl (C=O) groups excluding carboxylic acids is 1. The van der Waals surface area contributed by atoms with Crippen LogP contribution in [0.3, 0.4) is 0 Å². The highest BCUT2D eigenvalue weighted by Crippen LogP contribution is 2.23. The van der Waals surface area contributed by atoms with E-state index in [2.05, 4.69) is 28.7 Å². The lowest BCUT2D eigenvalue weighted by Crippen LogP contribution is -2.14. The zero-order valence-corrected chi connectivity index (χ0v) is 13.4. The van der Waals surface area contributed by atoms with Crippen LogP contribution >= 0.6 is 0 Å². The van der Waals surface area contributed by atoms with Gasteiger partial charge in [0.25, 0.3) is 0 Å². The van der Waals surface area contributed by atoms with Crippen LogP contribution in [0.15, 0.2) is 71.4 Å². The van der Waals surface area contributed by atoms with Gasteiger partial charge in [-0.15, -0.1) is 0 Å². The van der Waals surface area contributed by atoms with Gasteiger partial charge in [-0.1, -0.05) is 53.7 Å². The Hall–Kier alpha value is -2.88. The number of nitrogens with zero attached hydrogens (tertiary/aromatic N) is 1. The molecule has 0 aliphatic heterocycles. The lowest BCUT2D eigenvalue weighted by Gasteiger charge is -2.16. The first-order valence-corrected chi connectivity index (χ1v) is 8.17. The average Bonchev–Trinajstić information content (AvgIpc) is 2.63. The van der Waals surface area contributed by atoms with Crippen LogP contribution in [0.25, 0.3) is 6.08 Å². The van der Waals surface area contributed by atoms with Crippen LogP contribution in [0.1, 0.15) is 31.2 Å². The van der Waals surface area contributed by atoms with Crippen LogP contribution < -0.4 is 5.32 Å². The summed E-state index contributed by atoms with van der Waals surface area (Å²) in [6, 6.07) is 19.3. The highest BCUT2D eigenvalue weighted by Gasteiger charge is 2.15. The number of anilines is 1. The largest absolute Gasteiger partial charge is 0.437 e.